The molecule has 0 heterocycles. The quantitative estimate of drug-likeness (QED) is 0.499. The van der Waals surface area contributed by atoms with Gasteiger partial charge in [-0.1, -0.05) is 6.07 Å². The summed E-state index contributed by atoms with van der Waals surface area (Å²) in [6, 6.07) is 9.12. The van der Waals surface area contributed by atoms with Crippen molar-refractivity contribution in [3.63, 3.8) is 0 Å². The Morgan fingerprint density at radius 2 is 1.93 bits per heavy atom. The number of aryl methyl sites for hydroxylation is 2. The maximum Gasteiger partial charge on any atom is 0.312 e. The molecule has 0 atom stereocenters. The monoisotopic (exact) mass is 419 g/mol. The molecule has 1 aliphatic carbocycles. The number of ether oxygens (including phenoxy) is 1. The zero-order valence-electron chi connectivity index (χ0n) is 15.8. The van der Waals surface area contributed by atoms with Crippen LogP contribution in [-0.2, 0) is 27.7 Å². The number of carbonyl (C=O) groups excluding carboxylic acids is 1. The molecule has 2 N–H and O–H groups in total. The minimum atomic E-state index is -4.01. The molecule has 1 amide bonds. The molecule has 0 radical (unpaired) electrons. The van der Waals surface area contributed by atoms with Crippen LogP contribution < -0.4 is 14.8 Å². The van der Waals surface area contributed by atoms with Crippen LogP contribution in [0.1, 0.15) is 24.0 Å². The molecule has 0 unspecified atom stereocenters. The Kier molecular flexibility index (Phi) is 6.14. The molecular formula is C19H21N3O6S. The lowest BCUT2D eigenvalue weighted by Gasteiger charge is -2.09. The van der Waals surface area contributed by atoms with E-state index < -0.39 is 20.6 Å². The number of nitro groups is 1. The van der Waals surface area contributed by atoms with Crippen LogP contribution in [0.25, 0.3) is 0 Å². The van der Waals surface area contributed by atoms with Crippen molar-refractivity contribution in [3.05, 3.63) is 57.6 Å². The number of nitrogens with one attached hydrogen (secondary N) is 2. The molecule has 3 rings (SSSR count). The van der Waals surface area contributed by atoms with Crippen LogP contribution in [0.2, 0.25) is 0 Å². The normalized spacial score (nSPS) is 13.0. The largest absolute Gasteiger partial charge is 0.490 e. The standard InChI is InChI=1S/C19H21N3O6S/c1-28-18-8-7-16(12-17(18)22(24)25)29(26,27)20-10-9-19(23)21-15-6-5-13-3-2-4-14(13)11-15/h5-8,11-12,20H,2-4,9-10H2,1H3,(H,21,23). The first-order valence-electron chi connectivity index (χ1n) is 9.04. The van der Waals surface area contributed by atoms with E-state index in [-0.39, 0.29) is 29.5 Å². The van der Waals surface area contributed by atoms with E-state index in [4.69, 9.17) is 4.74 Å². The molecule has 0 aliphatic heterocycles. The second-order valence-electron chi connectivity index (χ2n) is 6.62. The third-order valence-corrected chi connectivity index (χ3v) is 6.14. The average Bonchev–Trinajstić information content (AvgIpc) is 3.15. The molecule has 154 valence electrons. The van der Waals surface area contributed by atoms with Gasteiger partial charge in [-0.2, -0.15) is 0 Å². The minimum absolute atomic E-state index is 0.0392. The van der Waals surface area contributed by atoms with E-state index in [0.29, 0.717) is 5.69 Å². The number of fused-ring (bicyclic) bond motifs is 1. The fourth-order valence-corrected chi connectivity index (χ4v) is 4.29. The van der Waals surface area contributed by atoms with Gasteiger partial charge >= 0.3 is 5.69 Å². The van der Waals surface area contributed by atoms with Crippen LogP contribution >= 0.6 is 0 Å². The number of nitro benzene ring substituents is 1. The van der Waals surface area contributed by atoms with Crippen LogP contribution in [0.5, 0.6) is 5.75 Å². The van der Waals surface area contributed by atoms with Crippen LogP contribution in [0.3, 0.4) is 0 Å². The molecule has 0 saturated carbocycles. The smallest absolute Gasteiger partial charge is 0.312 e. The first-order valence-corrected chi connectivity index (χ1v) is 10.5. The first kappa shape index (κ1) is 20.7. The van der Waals surface area contributed by atoms with E-state index in [1.165, 1.54) is 30.4 Å². The van der Waals surface area contributed by atoms with Gasteiger partial charge in [0.1, 0.15) is 0 Å². The van der Waals surface area contributed by atoms with Crippen LogP contribution in [0, 0.1) is 10.1 Å². The lowest BCUT2D eigenvalue weighted by molar-refractivity contribution is -0.386. The number of methoxy groups -OCH3 is 1. The van der Waals surface area contributed by atoms with Crippen molar-refractivity contribution in [3.8, 4) is 5.75 Å². The second kappa shape index (κ2) is 8.58. The van der Waals surface area contributed by atoms with Gasteiger partial charge in [0.2, 0.25) is 15.9 Å². The highest BCUT2D eigenvalue weighted by Gasteiger charge is 2.22. The van der Waals surface area contributed by atoms with Gasteiger partial charge in [0, 0.05) is 24.7 Å². The SMILES string of the molecule is COc1ccc(S(=O)(=O)NCCC(=O)Nc2ccc3c(c2)CCC3)cc1[N+](=O)[O-]. The molecule has 29 heavy (non-hydrogen) atoms. The summed E-state index contributed by atoms with van der Waals surface area (Å²) in [5, 5.41) is 13.8. The number of anilines is 1. The fraction of sp³-hybridized carbons (Fsp3) is 0.316. The van der Waals surface area contributed by atoms with Gasteiger partial charge in [-0.15, -0.1) is 0 Å². The molecule has 1 aliphatic rings. The van der Waals surface area contributed by atoms with E-state index in [1.807, 2.05) is 18.2 Å². The first-order chi connectivity index (χ1) is 13.8. The highest BCUT2D eigenvalue weighted by Crippen LogP contribution is 2.29. The third kappa shape index (κ3) is 4.90. The summed E-state index contributed by atoms with van der Waals surface area (Å²) in [4.78, 5) is 22.2. The maximum atomic E-state index is 12.4. The summed E-state index contributed by atoms with van der Waals surface area (Å²) in [5.41, 5.74) is 2.75. The van der Waals surface area contributed by atoms with Crippen molar-refractivity contribution in [1.29, 1.82) is 0 Å². The number of benzene rings is 2. The van der Waals surface area contributed by atoms with Gasteiger partial charge in [-0.05, 0) is 54.7 Å². The highest BCUT2D eigenvalue weighted by molar-refractivity contribution is 7.89. The third-order valence-electron chi connectivity index (χ3n) is 4.68. The van der Waals surface area contributed by atoms with E-state index in [0.717, 1.165) is 25.3 Å². The Balaban J connectivity index is 1.58. The average molecular weight is 419 g/mol. The van der Waals surface area contributed by atoms with Gasteiger partial charge in [0.05, 0.1) is 16.9 Å². The Hall–Kier alpha value is -2.98. The number of rotatable bonds is 8. The van der Waals surface area contributed by atoms with Gasteiger partial charge in [-0.3, -0.25) is 14.9 Å². The molecular weight excluding hydrogens is 398 g/mol. The van der Waals surface area contributed by atoms with Crippen molar-refractivity contribution in [2.45, 2.75) is 30.6 Å². The molecule has 0 bridgehead atoms. The molecule has 9 nitrogen and oxygen atoms in total. The van der Waals surface area contributed by atoms with Crippen LogP contribution in [-0.4, -0.2) is 32.9 Å². The Morgan fingerprint density at radius 3 is 2.66 bits per heavy atom. The molecule has 0 saturated heterocycles. The summed E-state index contributed by atoms with van der Waals surface area (Å²) in [7, 11) is -2.75. The number of sulfonamides is 1. The molecule has 2 aromatic carbocycles. The summed E-state index contributed by atoms with van der Waals surface area (Å²) in [5.74, 6) is -0.367. The van der Waals surface area contributed by atoms with Gasteiger partial charge in [-0.25, -0.2) is 13.1 Å². The molecule has 0 fully saturated rings. The number of carbonyl (C=O) groups is 1. The van der Waals surface area contributed by atoms with E-state index in [1.54, 1.807) is 0 Å². The lowest BCUT2D eigenvalue weighted by atomic mass is 10.1. The minimum Gasteiger partial charge on any atom is -0.490 e. The fourth-order valence-electron chi connectivity index (χ4n) is 3.23. The summed E-state index contributed by atoms with van der Waals surface area (Å²) in [6.07, 6.45) is 3.08. The Bertz CT molecular complexity index is 1050. The van der Waals surface area contributed by atoms with Gasteiger partial charge in [0.25, 0.3) is 0 Å². The van der Waals surface area contributed by atoms with E-state index >= 15 is 0 Å². The van der Waals surface area contributed by atoms with Crippen LogP contribution in [0.4, 0.5) is 11.4 Å². The van der Waals surface area contributed by atoms with Crippen molar-refractivity contribution < 1.29 is 22.9 Å². The highest BCUT2D eigenvalue weighted by atomic mass is 32.2. The molecule has 0 spiro atoms. The Morgan fingerprint density at radius 1 is 1.17 bits per heavy atom. The maximum absolute atomic E-state index is 12.4. The molecule has 0 aromatic heterocycles. The molecule has 10 heteroatoms. The van der Waals surface area contributed by atoms with Crippen LogP contribution in [0.15, 0.2) is 41.3 Å². The predicted molar refractivity (Wildman–Crippen MR) is 107 cm³/mol. The van der Waals surface area contributed by atoms with E-state index in [2.05, 4.69) is 10.0 Å². The van der Waals surface area contributed by atoms with Crippen molar-refractivity contribution in [1.82, 2.24) is 4.72 Å². The molecule has 2 aromatic rings. The second-order valence-corrected chi connectivity index (χ2v) is 8.39. The van der Waals surface area contributed by atoms with Crippen molar-refractivity contribution >= 4 is 27.3 Å². The van der Waals surface area contributed by atoms with Crippen molar-refractivity contribution in [2.24, 2.45) is 0 Å². The van der Waals surface area contributed by atoms with E-state index in [9.17, 15) is 23.3 Å². The van der Waals surface area contributed by atoms with Gasteiger partial charge < -0.3 is 10.1 Å². The van der Waals surface area contributed by atoms with Gasteiger partial charge in [0.15, 0.2) is 5.75 Å². The predicted octanol–water partition coefficient (Wildman–Crippen LogP) is 2.40. The van der Waals surface area contributed by atoms with Crippen molar-refractivity contribution in [2.75, 3.05) is 19.0 Å². The zero-order valence-corrected chi connectivity index (χ0v) is 16.6. The number of hydrogen-bond acceptors (Lipinski definition) is 6. The topological polar surface area (TPSA) is 128 Å². The number of amides is 1. The number of hydrogen-bond donors (Lipinski definition) is 2. The zero-order chi connectivity index (χ0) is 21.0. The summed E-state index contributed by atoms with van der Waals surface area (Å²) in [6.45, 7) is -0.140. The summed E-state index contributed by atoms with van der Waals surface area (Å²) >= 11 is 0. The Labute approximate surface area is 168 Å². The number of nitrogens with zero attached hydrogens (tertiary/aromatic N) is 1. The lowest BCUT2D eigenvalue weighted by Crippen LogP contribution is -2.28. The summed E-state index contributed by atoms with van der Waals surface area (Å²) < 4.78 is 31.9.